The van der Waals surface area contributed by atoms with Gasteiger partial charge >= 0.3 is 0 Å². The van der Waals surface area contributed by atoms with Crippen LogP contribution in [0, 0.1) is 11.8 Å². The number of rotatable bonds is 12. The smallest absolute Gasteiger partial charge is 0.111 e. The Balaban J connectivity index is 2.20. The van der Waals surface area contributed by atoms with E-state index in [0.717, 1.165) is 18.5 Å². The van der Waals surface area contributed by atoms with Crippen molar-refractivity contribution in [3.63, 3.8) is 0 Å². The van der Waals surface area contributed by atoms with Gasteiger partial charge in [-0.05, 0) is 50.5 Å². The van der Waals surface area contributed by atoms with Gasteiger partial charge in [0.25, 0.3) is 0 Å². The third-order valence-corrected chi connectivity index (χ3v) is 3.79. The number of allylic oxidation sites excluding steroid dienone is 4. The van der Waals surface area contributed by atoms with Crippen LogP contribution in [0.1, 0.15) is 41.0 Å². The molecule has 5 heteroatoms. The summed E-state index contributed by atoms with van der Waals surface area (Å²) >= 11 is 0. The largest absolute Gasteiger partial charge is 0.391 e. The number of hydrogen-bond acceptors (Lipinski definition) is 5. The lowest BCUT2D eigenvalue weighted by molar-refractivity contribution is 0.579. The average molecular weight is 332 g/mol. The van der Waals surface area contributed by atoms with Crippen molar-refractivity contribution >= 4 is 0 Å². The maximum Gasteiger partial charge on any atom is 0.111 e. The van der Waals surface area contributed by atoms with E-state index in [4.69, 9.17) is 0 Å². The molecule has 0 bridgehead atoms. The minimum atomic E-state index is 0.508. The number of hydrazine groups is 1. The molecule has 5 nitrogen and oxygen atoms in total. The molecule has 0 aromatic rings. The SMILES string of the molecule is C=C(NCNC1=C(C)C1C(C)C=CNCCC)NNC=C=C(C)C. The molecule has 2 unspecified atom stereocenters. The molecule has 0 saturated heterocycles. The van der Waals surface area contributed by atoms with Crippen LogP contribution in [0.5, 0.6) is 0 Å². The molecule has 0 aliphatic heterocycles. The molecule has 0 spiro atoms. The summed E-state index contributed by atoms with van der Waals surface area (Å²) in [6.45, 7) is 16.2. The maximum atomic E-state index is 3.90. The van der Waals surface area contributed by atoms with E-state index in [1.165, 1.54) is 11.3 Å². The summed E-state index contributed by atoms with van der Waals surface area (Å²) < 4.78 is 0. The second-order valence-corrected chi connectivity index (χ2v) is 6.31. The molecular formula is C19H33N5. The van der Waals surface area contributed by atoms with E-state index < -0.39 is 0 Å². The van der Waals surface area contributed by atoms with Crippen molar-refractivity contribution in [3.8, 4) is 0 Å². The van der Waals surface area contributed by atoms with Crippen LogP contribution in [0.3, 0.4) is 0 Å². The topological polar surface area (TPSA) is 60.1 Å². The minimum Gasteiger partial charge on any atom is -0.391 e. The first kappa shape index (κ1) is 19.8. The predicted octanol–water partition coefficient (Wildman–Crippen LogP) is 2.82. The standard InChI is InChI=1S/C19H33N5/c1-7-10-20-11-9-15(4)18-16(5)19(18)22-13-21-17(6)24-23-12-8-14(2)3/h9,11-12,15,18,20-24H,6-7,10,13H2,1-5H3. The van der Waals surface area contributed by atoms with Crippen molar-refractivity contribution in [2.24, 2.45) is 11.8 Å². The van der Waals surface area contributed by atoms with E-state index in [1.54, 1.807) is 6.20 Å². The second kappa shape index (κ2) is 10.5. The van der Waals surface area contributed by atoms with Crippen molar-refractivity contribution in [2.45, 2.75) is 41.0 Å². The van der Waals surface area contributed by atoms with Crippen LogP contribution in [-0.2, 0) is 0 Å². The van der Waals surface area contributed by atoms with Crippen molar-refractivity contribution in [1.82, 2.24) is 26.8 Å². The Hall–Kier alpha value is -2.26. The number of nitrogens with one attached hydrogen (secondary N) is 5. The first-order chi connectivity index (χ1) is 11.5. The lowest BCUT2D eigenvalue weighted by Crippen LogP contribution is -2.37. The van der Waals surface area contributed by atoms with E-state index in [1.807, 2.05) is 13.8 Å². The Morgan fingerprint density at radius 1 is 1.38 bits per heavy atom. The fourth-order valence-electron chi connectivity index (χ4n) is 2.41. The van der Waals surface area contributed by atoms with Gasteiger partial charge in [0.2, 0.25) is 0 Å². The zero-order valence-electron chi connectivity index (χ0n) is 15.7. The quantitative estimate of drug-likeness (QED) is 0.165. The fraction of sp³-hybridized carbons (Fsp3) is 0.526. The lowest BCUT2D eigenvalue weighted by Gasteiger charge is -2.13. The minimum absolute atomic E-state index is 0.508. The van der Waals surface area contributed by atoms with E-state index in [2.05, 4.69) is 72.2 Å². The van der Waals surface area contributed by atoms with Crippen molar-refractivity contribution < 1.29 is 0 Å². The molecule has 0 fully saturated rings. The Morgan fingerprint density at radius 3 is 2.79 bits per heavy atom. The van der Waals surface area contributed by atoms with Crippen LogP contribution < -0.4 is 26.8 Å². The van der Waals surface area contributed by atoms with E-state index in [-0.39, 0.29) is 0 Å². The zero-order chi connectivity index (χ0) is 17.9. The molecule has 0 aromatic heterocycles. The molecule has 0 heterocycles. The summed E-state index contributed by atoms with van der Waals surface area (Å²) in [6.07, 6.45) is 7.19. The summed E-state index contributed by atoms with van der Waals surface area (Å²) in [5.41, 5.74) is 12.8. The zero-order valence-corrected chi connectivity index (χ0v) is 15.7. The highest BCUT2D eigenvalue weighted by molar-refractivity contribution is 5.39. The first-order valence-corrected chi connectivity index (χ1v) is 8.64. The molecule has 5 N–H and O–H groups in total. The molecule has 0 aromatic carbocycles. The van der Waals surface area contributed by atoms with Gasteiger partial charge in [-0.2, -0.15) is 0 Å². The van der Waals surface area contributed by atoms with Gasteiger partial charge in [0, 0.05) is 18.2 Å². The van der Waals surface area contributed by atoms with Crippen LogP contribution in [0.15, 0.2) is 53.5 Å². The van der Waals surface area contributed by atoms with Crippen LogP contribution >= 0.6 is 0 Å². The van der Waals surface area contributed by atoms with Gasteiger partial charge in [0.05, 0.1) is 12.9 Å². The monoisotopic (exact) mass is 331 g/mol. The normalized spacial score (nSPS) is 17.0. The number of hydrogen-bond donors (Lipinski definition) is 5. The van der Waals surface area contributed by atoms with Gasteiger partial charge < -0.3 is 16.0 Å². The van der Waals surface area contributed by atoms with Crippen molar-refractivity contribution in [2.75, 3.05) is 13.2 Å². The Bertz CT molecular complexity index is 534. The van der Waals surface area contributed by atoms with Gasteiger partial charge in [-0.25, -0.2) is 0 Å². The predicted molar refractivity (Wildman–Crippen MR) is 102 cm³/mol. The first-order valence-electron chi connectivity index (χ1n) is 8.64. The highest BCUT2D eigenvalue weighted by Gasteiger charge is 2.36. The van der Waals surface area contributed by atoms with Crippen LogP contribution in [-0.4, -0.2) is 13.2 Å². The summed E-state index contributed by atoms with van der Waals surface area (Å²) in [5, 5.41) is 9.92. The van der Waals surface area contributed by atoms with Crippen molar-refractivity contribution in [1.29, 1.82) is 0 Å². The summed E-state index contributed by atoms with van der Waals surface area (Å²) in [7, 11) is 0. The molecule has 0 radical (unpaired) electrons. The summed E-state index contributed by atoms with van der Waals surface area (Å²) in [5.74, 6) is 1.75. The van der Waals surface area contributed by atoms with Gasteiger partial charge in [-0.15, -0.1) is 5.73 Å². The van der Waals surface area contributed by atoms with E-state index >= 15 is 0 Å². The Kier molecular flexibility index (Phi) is 8.66. The van der Waals surface area contributed by atoms with E-state index in [0.29, 0.717) is 24.3 Å². The third kappa shape index (κ3) is 7.34. The molecule has 1 rings (SSSR count). The third-order valence-electron chi connectivity index (χ3n) is 3.79. The average Bonchev–Trinajstić information content (AvgIpc) is 3.17. The van der Waals surface area contributed by atoms with E-state index in [9.17, 15) is 0 Å². The van der Waals surface area contributed by atoms with Crippen LogP contribution in [0.25, 0.3) is 0 Å². The van der Waals surface area contributed by atoms with Crippen molar-refractivity contribution in [3.05, 3.63) is 53.5 Å². The highest BCUT2D eigenvalue weighted by Crippen LogP contribution is 2.42. The van der Waals surface area contributed by atoms with Crippen LogP contribution in [0.4, 0.5) is 0 Å². The molecule has 1 aliphatic carbocycles. The van der Waals surface area contributed by atoms with Crippen LogP contribution in [0.2, 0.25) is 0 Å². The Morgan fingerprint density at radius 2 is 2.12 bits per heavy atom. The highest BCUT2D eigenvalue weighted by atomic mass is 15.4. The summed E-state index contributed by atoms with van der Waals surface area (Å²) in [4.78, 5) is 0. The Labute approximate surface area is 147 Å². The van der Waals surface area contributed by atoms with Gasteiger partial charge in [-0.3, -0.25) is 10.9 Å². The fourth-order valence-corrected chi connectivity index (χ4v) is 2.41. The molecule has 0 saturated carbocycles. The molecule has 0 amide bonds. The molecule has 1 aliphatic rings. The maximum absolute atomic E-state index is 3.90. The van der Waals surface area contributed by atoms with Gasteiger partial charge in [0.1, 0.15) is 5.82 Å². The molecule has 24 heavy (non-hydrogen) atoms. The van der Waals surface area contributed by atoms with Gasteiger partial charge in [0.15, 0.2) is 0 Å². The lowest BCUT2D eigenvalue weighted by atomic mass is 10.0. The molecule has 134 valence electrons. The molecule has 2 atom stereocenters. The second-order valence-electron chi connectivity index (χ2n) is 6.31. The van der Waals surface area contributed by atoms with Gasteiger partial charge in [-0.1, -0.05) is 26.5 Å². The molecular weight excluding hydrogens is 298 g/mol. The summed E-state index contributed by atoms with van der Waals surface area (Å²) in [6, 6.07) is 0.